The van der Waals surface area contributed by atoms with Crippen molar-refractivity contribution in [2.24, 2.45) is 0 Å². The second-order valence-electron chi connectivity index (χ2n) is 2.53. The summed E-state index contributed by atoms with van der Waals surface area (Å²) in [5.41, 5.74) is -0.000216. The Bertz CT molecular complexity index is 374. The Morgan fingerprint density at radius 2 is 2.15 bits per heavy atom. The van der Waals surface area contributed by atoms with Crippen molar-refractivity contribution in [3.05, 3.63) is 34.1 Å². The van der Waals surface area contributed by atoms with Gasteiger partial charge < -0.3 is 0 Å². The lowest BCUT2D eigenvalue weighted by atomic mass is 10.1. The van der Waals surface area contributed by atoms with E-state index in [1.54, 1.807) is 0 Å². The molecular formula is C9H6ClFO2. The zero-order valence-corrected chi connectivity index (χ0v) is 7.56. The molecule has 68 valence electrons. The molecule has 0 saturated carbocycles. The zero-order valence-electron chi connectivity index (χ0n) is 6.80. The van der Waals surface area contributed by atoms with E-state index in [-0.39, 0.29) is 21.9 Å². The smallest absolute Gasteiger partial charge is 0.161 e. The molecule has 0 aliphatic carbocycles. The summed E-state index contributed by atoms with van der Waals surface area (Å²) in [6, 6.07) is 2.11. The van der Waals surface area contributed by atoms with Crippen LogP contribution in [0.25, 0.3) is 0 Å². The molecule has 0 aliphatic rings. The van der Waals surface area contributed by atoms with Crippen LogP contribution < -0.4 is 0 Å². The van der Waals surface area contributed by atoms with Gasteiger partial charge in [0.05, 0.1) is 10.6 Å². The number of aldehydes is 1. The molecule has 0 spiro atoms. The lowest BCUT2D eigenvalue weighted by Crippen LogP contribution is -1.98. The van der Waals surface area contributed by atoms with E-state index in [0.717, 1.165) is 12.1 Å². The van der Waals surface area contributed by atoms with E-state index in [2.05, 4.69) is 0 Å². The monoisotopic (exact) mass is 200 g/mol. The van der Waals surface area contributed by atoms with Crippen LogP contribution in [-0.4, -0.2) is 12.1 Å². The quantitative estimate of drug-likeness (QED) is 0.543. The summed E-state index contributed by atoms with van der Waals surface area (Å²) in [4.78, 5) is 21.2. The van der Waals surface area contributed by atoms with Gasteiger partial charge in [0.25, 0.3) is 0 Å². The first-order valence-electron chi connectivity index (χ1n) is 3.51. The minimum atomic E-state index is -0.718. The summed E-state index contributed by atoms with van der Waals surface area (Å²) in [6.07, 6.45) is 0.345. The summed E-state index contributed by atoms with van der Waals surface area (Å²) >= 11 is 5.58. The molecular weight excluding hydrogens is 195 g/mol. The Morgan fingerprint density at radius 1 is 1.54 bits per heavy atom. The molecule has 0 aromatic heterocycles. The minimum Gasteiger partial charge on any atom is -0.298 e. The molecule has 0 fully saturated rings. The van der Waals surface area contributed by atoms with Gasteiger partial charge in [-0.15, -0.1) is 0 Å². The topological polar surface area (TPSA) is 34.1 Å². The van der Waals surface area contributed by atoms with Crippen LogP contribution in [0.1, 0.15) is 27.6 Å². The molecule has 0 heterocycles. The third-order valence-electron chi connectivity index (χ3n) is 1.59. The number of Topliss-reactive ketones (excluding diaryl/α,β-unsaturated/α-hetero) is 1. The van der Waals surface area contributed by atoms with E-state index in [4.69, 9.17) is 11.6 Å². The second-order valence-corrected chi connectivity index (χ2v) is 2.93. The highest BCUT2D eigenvalue weighted by atomic mass is 35.5. The number of hydrogen-bond donors (Lipinski definition) is 0. The van der Waals surface area contributed by atoms with Gasteiger partial charge in [-0.05, 0) is 19.1 Å². The maximum atomic E-state index is 12.9. The minimum absolute atomic E-state index is 0.0237. The molecule has 2 nitrogen and oxygen atoms in total. The molecule has 0 radical (unpaired) electrons. The van der Waals surface area contributed by atoms with Gasteiger partial charge in [0.2, 0.25) is 0 Å². The fourth-order valence-corrected chi connectivity index (χ4v) is 1.21. The Morgan fingerprint density at radius 3 is 2.62 bits per heavy atom. The molecule has 0 bridgehead atoms. The van der Waals surface area contributed by atoms with Crippen molar-refractivity contribution < 1.29 is 14.0 Å². The Hall–Kier alpha value is -1.22. The normalized spacial score (nSPS) is 9.77. The van der Waals surface area contributed by atoms with Crippen molar-refractivity contribution in [1.29, 1.82) is 0 Å². The first-order chi connectivity index (χ1) is 6.06. The van der Waals surface area contributed by atoms with Gasteiger partial charge in [-0.1, -0.05) is 11.6 Å². The number of benzene rings is 1. The Kier molecular flexibility index (Phi) is 2.78. The maximum absolute atomic E-state index is 12.9. The summed E-state index contributed by atoms with van der Waals surface area (Å²) < 4.78 is 12.9. The van der Waals surface area contributed by atoms with Gasteiger partial charge in [0, 0.05) is 5.56 Å². The number of hydrogen-bond acceptors (Lipinski definition) is 2. The van der Waals surface area contributed by atoms with Gasteiger partial charge in [0.1, 0.15) is 5.82 Å². The van der Waals surface area contributed by atoms with Crippen LogP contribution in [0.3, 0.4) is 0 Å². The average molecular weight is 201 g/mol. The molecule has 0 unspecified atom stereocenters. The molecule has 0 aliphatic heterocycles. The molecule has 1 aromatic rings. The molecule has 1 aromatic carbocycles. The highest BCUT2D eigenvalue weighted by Gasteiger charge is 2.10. The van der Waals surface area contributed by atoms with Gasteiger partial charge >= 0.3 is 0 Å². The molecule has 0 amide bonds. The van der Waals surface area contributed by atoms with Crippen LogP contribution in [0.2, 0.25) is 5.02 Å². The predicted octanol–water partition coefficient (Wildman–Crippen LogP) is 2.49. The average Bonchev–Trinajstić information content (AvgIpc) is 2.03. The van der Waals surface area contributed by atoms with Crippen LogP contribution in [0.4, 0.5) is 4.39 Å². The first-order valence-corrected chi connectivity index (χ1v) is 3.89. The largest absolute Gasteiger partial charge is 0.298 e. The lowest BCUT2D eigenvalue weighted by Gasteiger charge is -2.01. The molecule has 0 saturated heterocycles. The molecule has 1 rings (SSSR count). The van der Waals surface area contributed by atoms with Crippen molar-refractivity contribution in [2.45, 2.75) is 6.92 Å². The first kappa shape index (κ1) is 9.86. The number of carbonyl (C=O) groups excluding carboxylic acids is 2. The van der Waals surface area contributed by atoms with Crippen LogP contribution >= 0.6 is 11.6 Å². The van der Waals surface area contributed by atoms with Gasteiger partial charge in [-0.25, -0.2) is 4.39 Å². The SMILES string of the molecule is CC(=O)c1cc(C=O)c(F)cc1Cl. The summed E-state index contributed by atoms with van der Waals surface area (Å²) in [7, 11) is 0. The van der Waals surface area contributed by atoms with Gasteiger partial charge in [-0.2, -0.15) is 0 Å². The highest BCUT2D eigenvalue weighted by Crippen LogP contribution is 2.20. The fraction of sp³-hybridized carbons (Fsp3) is 0.111. The molecule has 4 heteroatoms. The van der Waals surface area contributed by atoms with Crippen LogP contribution in [0, 0.1) is 5.82 Å². The van der Waals surface area contributed by atoms with Crippen molar-refractivity contribution in [1.82, 2.24) is 0 Å². The maximum Gasteiger partial charge on any atom is 0.161 e. The number of rotatable bonds is 2. The van der Waals surface area contributed by atoms with E-state index in [0.29, 0.717) is 6.29 Å². The number of carbonyl (C=O) groups is 2. The standard InChI is InChI=1S/C9H6ClFO2/c1-5(13)7-2-6(4-12)9(11)3-8(7)10/h2-4H,1H3. The summed E-state index contributed by atoms with van der Waals surface area (Å²) in [5.74, 6) is -1.02. The van der Waals surface area contributed by atoms with Crippen molar-refractivity contribution in [3.63, 3.8) is 0 Å². The van der Waals surface area contributed by atoms with Crippen LogP contribution in [0.5, 0.6) is 0 Å². The van der Waals surface area contributed by atoms with Crippen molar-refractivity contribution in [2.75, 3.05) is 0 Å². The number of halogens is 2. The Labute approximate surface area is 79.3 Å². The summed E-state index contributed by atoms with van der Waals surface area (Å²) in [6.45, 7) is 1.30. The third-order valence-corrected chi connectivity index (χ3v) is 1.91. The fourth-order valence-electron chi connectivity index (χ4n) is 0.926. The molecule has 0 N–H and O–H groups in total. The van der Waals surface area contributed by atoms with E-state index in [1.807, 2.05) is 0 Å². The number of ketones is 1. The lowest BCUT2D eigenvalue weighted by molar-refractivity contribution is 0.101. The third kappa shape index (κ3) is 1.92. The van der Waals surface area contributed by atoms with Crippen molar-refractivity contribution in [3.8, 4) is 0 Å². The van der Waals surface area contributed by atoms with Gasteiger partial charge in [-0.3, -0.25) is 9.59 Å². The zero-order chi connectivity index (χ0) is 10.0. The van der Waals surface area contributed by atoms with E-state index in [9.17, 15) is 14.0 Å². The van der Waals surface area contributed by atoms with Crippen LogP contribution in [0.15, 0.2) is 12.1 Å². The molecule has 13 heavy (non-hydrogen) atoms. The highest BCUT2D eigenvalue weighted by molar-refractivity contribution is 6.34. The molecule has 0 atom stereocenters. The van der Waals surface area contributed by atoms with E-state index < -0.39 is 5.82 Å². The van der Waals surface area contributed by atoms with E-state index >= 15 is 0 Å². The van der Waals surface area contributed by atoms with Crippen LogP contribution in [-0.2, 0) is 0 Å². The van der Waals surface area contributed by atoms with Gasteiger partial charge in [0.15, 0.2) is 12.1 Å². The second kappa shape index (κ2) is 3.66. The van der Waals surface area contributed by atoms with Crippen molar-refractivity contribution >= 4 is 23.7 Å². The predicted molar refractivity (Wildman–Crippen MR) is 46.8 cm³/mol. The summed E-state index contributed by atoms with van der Waals surface area (Å²) in [5, 5.41) is 0.0237. The van der Waals surface area contributed by atoms with E-state index in [1.165, 1.54) is 6.92 Å². The Balaban J connectivity index is 3.38.